The molecule has 5 N–H and O–H groups in total. The molecule has 0 radical (unpaired) electrons. The predicted octanol–water partition coefficient (Wildman–Crippen LogP) is 1.70. The number of hydrogen-bond acceptors (Lipinski definition) is 8. The average Bonchev–Trinajstić information content (AvgIpc) is 3.59. The minimum atomic E-state index is -0.434. The minimum Gasteiger partial charge on any atom is -0.497 e. The van der Waals surface area contributed by atoms with Crippen LogP contribution in [0.15, 0.2) is 42.2 Å². The molecule has 0 saturated carbocycles. The summed E-state index contributed by atoms with van der Waals surface area (Å²) >= 11 is 0. The Morgan fingerprint density at radius 3 is 2.51 bits per heavy atom. The van der Waals surface area contributed by atoms with Crippen molar-refractivity contribution in [2.45, 2.75) is 38.3 Å². The van der Waals surface area contributed by atoms with Crippen molar-refractivity contribution in [1.29, 1.82) is 5.41 Å². The Bertz CT molecular complexity index is 1040. The third-order valence-corrected chi connectivity index (χ3v) is 6.63. The van der Waals surface area contributed by atoms with Crippen molar-refractivity contribution in [3.05, 3.63) is 47.8 Å². The lowest BCUT2D eigenvalue weighted by Crippen LogP contribution is -2.43. The fraction of sp³-hybridized carbons (Fsp3) is 0.500. The molecule has 2 atom stereocenters. The molecule has 2 aliphatic rings. The monoisotopic (exact) mass is 508 g/mol. The summed E-state index contributed by atoms with van der Waals surface area (Å²) in [5, 5.41) is 15.9. The number of nitrogens with one attached hydrogen (secondary N) is 3. The normalized spacial score (nSPS) is 18.8. The smallest absolute Gasteiger partial charge is 0.246 e. The van der Waals surface area contributed by atoms with Gasteiger partial charge in [-0.05, 0) is 63.4 Å². The van der Waals surface area contributed by atoms with Crippen LogP contribution >= 0.6 is 0 Å². The van der Waals surface area contributed by atoms with Crippen molar-refractivity contribution in [2.75, 3.05) is 53.5 Å². The number of nitrogens with two attached hydrogens (primary N) is 1. The van der Waals surface area contributed by atoms with Crippen molar-refractivity contribution >= 4 is 11.6 Å². The van der Waals surface area contributed by atoms with Gasteiger partial charge >= 0.3 is 0 Å². The van der Waals surface area contributed by atoms with Crippen LogP contribution in [-0.2, 0) is 4.79 Å². The molecule has 0 aliphatic carbocycles. The molecule has 3 rings (SSSR count). The van der Waals surface area contributed by atoms with E-state index >= 15 is 0 Å². The standard InChI is InChI=1S/C28H40N6O3/c1-5-26(35)34-14-10-22(19-34)32-28(31-11-15-33-12-6-7-13-33)27(20(2)29)25(30)9-8-21-16-23(36-3)18-24(17-21)37-4/h5,16-18,20,22,30-32H,1,6-7,10-15,19,29H2,2-4H3/b28-27-,30-25?/t20?,22-/m0/s1. The molecule has 200 valence electrons. The summed E-state index contributed by atoms with van der Waals surface area (Å²) in [5.41, 5.74) is 7.80. The quantitative estimate of drug-likeness (QED) is 0.204. The third-order valence-electron chi connectivity index (χ3n) is 6.63. The molecule has 2 aliphatic heterocycles. The van der Waals surface area contributed by atoms with Crippen LogP contribution in [0.25, 0.3) is 0 Å². The molecule has 1 aromatic rings. The summed E-state index contributed by atoms with van der Waals surface area (Å²) in [6.07, 6.45) is 4.61. The highest BCUT2D eigenvalue weighted by atomic mass is 16.5. The van der Waals surface area contributed by atoms with Crippen molar-refractivity contribution in [2.24, 2.45) is 5.73 Å². The molecule has 1 amide bonds. The van der Waals surface area contributed by atoms with Gasteiger partial charge in [0.25, 0.3) is 0 Å². The first-order valence-electron chi connectivity index (χ1n) is 12.8. The number of methoxy groups -OCH3 is 2. The van der Waals surface area contributed by atoms with Gasteiger partial charge in [-0.3, -0.25) is 10.2 Å². The summed E-state index contributed by atoms with van der Waals surface area (Å²) in [7, 11) is 3.17. The number of nitrogens with zero attached hydrogens (tertiary/aromatic N) is 2. The minimum absolute atomic E-state index is 0.0374. The Balaban J connectivity index is 1.85. The van der Waals surface area contributed by atoms with E-state index in [-0.39, 0.29) is 17.7 Å². The maximum Gasteiger partial charge on any atom is 0.246 e. The topological polar surface area (TPSA) is 116 Å². The number of hydrogen-bond donors (Lipinski definition) is 4. The van der Waals surface area contributed by atoms with E-state index in [1.54, 1.807) is 37.3 Å². The van der Waals surface area contributed by atoms with E-state index in [0.29, 0.717) is 48.1 Å². The number of carbonyl (C=O) groups excluding carboxylic acids is 1. The number of ether oxygens (including phenoxy) is 2. The Morgan fingerprint density at radius 1 is 1.24 bits per heavy atom. The predicted molar refractivity (Wildman–Crippen MR) is 147 cm³/mol. The Kier molecular flexibility index (Phi) is 10.4. The van der Waals surface area contributed by atoms with E-state index in [1.165, 1.54) is 18.9 Å². The summed E-state index contributed by atoms with van der Waals surface area (Å²) in [6.45, 7) is 10.5. The zero-order valence-corrected chi connectivity index (χ0v) is 22.2. The van der Waals surface area contributed by atoms with Gasteiger partial charge in [-0.15, -0.1) is 0 Å². The first kappa shape index (κ1) is 28.1. The van der Waals surface area contributed by atoms with Crippen LogP contribution in [0.4, 0.5) is 0 Å². The van der Waals surface area contributed by atoms with Crippen molar-refractivity contribution in [3.63, 3.8) is 0 Å². The van der Waals surface area contributed by atoms with Crippen LogP contribution < -0.4 is 25.8 Å². The van der Waals surface area contributed by atoms with Crippen LogP contribution in [0.3, 0.4) is 0 Å². The van der Waals surface area contributed by atoms with Gasteiger partial charge in [-0.25, -0.2) is 0 Å². The fourth-order valence-electron chi connectivity index (χ4n) is 4.64. The van der Waals surface area contributed by atoms with Crippen LogP contribution in [0.5, 0.6) is 11.5 Å². The number of likely N-dealkylation sites (tertiary alicyclic amines) is 2. The zero-order chi connectivity index (χ0) is 26.8. The van der Waals surface area contributed by atoms with E-state index in [1.807, 2.05) is 6.92 Å². The Morgan fingerprint density at radius 2 is 1.92 bits per heavy atom. The molecule has 0 bridgehead atoms. The Hall–Kier alpha value is -3.48. The van der Waals surface area contributed by atoms with E-state index in [9.17, 15) is 4.79 Å². The number of benzene rings is 1. The van der Waals surface area contributed by atoms with Gasteiger partial charge in [0.15, 0.2) is 0 Å². The lowest BCUT2D eigenvalue weighted by Gasteiger charge is -2.25. The molecule has 2 fully saturated rings. The zero-order valence-electron chi connectivity index (χ0n) is 22.2. The van der Waals surface area contributed by atoms with Gasteiger partial charge in [0.05, 0.1) is 14.2 Å². The van der Waals surface area contributed by atoms with Gasteiger partial charge in [-0.1, -0.05) is 12.5 Å². The molecular formula is C28H40N6O3. The summed E-state index contributed by atoms with van der Waals surface area (Å²) in [5.74, 6) is 7.92. The summed E-state index contributed by atoms with van der Waals surface area (Å²) < 4.78 is 10.7. The molecule has 9 heteroatoms. The summed E-state index contributed by atoms with van der Waals surface area (Å²) in [4.78, 5) is 16.3. The second-order valence-corrected chi connectivity index (χ2v) is 9.40. The molecule has 0 spiro atoms. The molecule has 9 nitrogen and oxygen atoms in total. The lowest BCUT2D eigenvalue weighted by atomic mass is 10.0. The van der Waals surface area contributed by atoms with E-state index in [0.717, 1.165) is 26.1 Å². The Labute approximate surface area is 220 Å². The van der Waals surface area contributed by atoms with Gasteiger partial charge in [-0.2, -0.15) is 0 Å². The van der Waals surface area contributed by atoms with Crippen LogP contribution in [-0.4, -0.2) is 87.0 Å². The highest BCUT2D eigenvalue weighted by molar-refractivity contribution is 6.12. The second kappa shape index (κ2) is 13.7. The van der Waals surface area contributed by atoms with Crippen LogP contribution in [0.1, 0.15) is 31.7 Å². The molecule has 2 saturated heterocycles. The molecule has 0 aromatic heterocycles. The van der Waals surface area contributed by atoms with E-state index in [4.69, 9.17) is 20.6 Å². The first-order chi connectivity index (χ1) is 17.8. The van der Waals surface area contributed by atoms with Crippen molar-refractivity contribution in [1.82, 2.24) is 20.4 Å². The molecule has 37 heavy (non-hydrogen) atoms. The highest BCUT2D eigenvalue weighted by Gasteiger charge is 2.27. The van der Waals surface area contributed by atoms with Crippen molar-refractivity contribution in [3.8, 4) is 23.3 Å². The first-order valence-corrected chi connectivity index (χ1v) is 12.8. The highest BCUT2D eigenvalue weighted by Crippen LogP contribution is 2.22. The lowest BCUT2D eigenvalue weighted by molar-refractivity contribution is -0.125. The summed E-state index contributed by atoms with van der Waals surface area (Å²) in [6, 6.07) is 4.98. The van der Waals surface area contributed by atoms with Gasteiger partial charge in [0, 0.05) is 55.5 Å². The maximum atomic E-state index is 12.1. The SMILES string of the molecule is C=CC(=O)N1CC[C@H](N/C(NCCN2CCCC2)=C(\C(=N)C#Cc2cc(OC)cc(OC)c2)C(C)N)C1. The fourth-order valence-corrected chi connectivity index (χ4v) is 4.64. The number of rotatable bonds is 11. The largest absolute Gasteiger partial charge is 0.497 e. The van der Waals surface area contributed by atoms with E-state index in [2.05, 4.69) is 34.0 Å². The van der Waals surface area contributed by atoms with Crippen LogP contribution in [0, 0.1) is 17.3 Å². The number of carbonyl (C=O) groups is 1. The molecular weight excluding hydrogens is 468 g/mol. The second-order valence-electron chi connectivity index (χ2n) is 9.40. The average molecular weight is 509 g/mol. The van der Waals surface area contributed by atoms with Gasteiger partial charge < -0.3 is 35.6 Å². The van der Waals surface area contributed by atoms with Gasteiger partial charge in [0.1, 0.15) is 23.0 Å². The molecule has 2 heterocycles. The van der Waals surface area contributed by atoms with E-state index < -0.39 is 6.04 Å². The van der Waals surface area contributed by atoms with Gasteiger partial charge in [0.2, 0.25) is 5.91 Å². The number of amides is 1. The maximum absolute atomic E-state index is 12.1. The molecule has 1 aromatic carbocycles. The van der Waals surface area contributed by atoms with Crippen LogP contribution in [0.2, 0.25) is 0 Å². The third kappa shape index (κ3) is 8.00. The van der Waals surface area contributed by atoms with Crippen molar-refractivity contribution < 1.29 is 14.3 Å². The molecule has 1 unspecified atom stereocenters.